The Balaban J connectivity index is 1.58. The van der Waals surface area contributed by atoms with Gasteiger partial charge in [-0.2, -0.15) is 0 Å². The summed E-state index contributed by atoms with van der Waals surface area (Å²) in [6.45, 7) is 2.08. The number of nitrogens with one attached hydrogen (secondary N) is 1. The summed E-state index contributed by atoms with van der Waals surface area (Å²) in [6.07, 6.45) is 5.72. The Morgan fingerprint density at radius 1 is 1.14 bits per heavy atom. The molecule has 1 saturated carbocycles. The number of benzene rings is 1. The van der Waals surface area contributed by atoms with Crippen molar-refractivity contribution in [3.05, 3.63) is 35.4 Å². The van der Waals surface area contributed by atoms with Crippen molar-refractivity contribution in [1.29, 1.82) is 0 Å². The van der Waals surface area contributed by atoms with Crippen LogP contribution >= 0.6 is 11.8 Å². The lowest BCUT2D eigenvalue weighted by Crippen LogP contribution is -2.39. The molecule has 2 amide bonds. The minimum Gasteiger partial charge on any atom is -0.455 e. The van der Waals surface area contributed by atoms with E-state index in [-0.39, 0.29) is 29.9 Å². The van der Waals surface area contributed by atoms with Crippen molar-refractivity contribution in [3.63, 3.8) is 0 Å². The second-order valence-electron chi connectivity index (χ2n) is 7.15. The van der Waals surface area contributed by atoms with Crippen molar-refractivity contribution < 1.29 is 19.1 Å². The molecule has 7 heteroatoms. The van der Waals surface area contributed by atoms with Gasteiger partial charge in [0.2, 0.25) is 5.91 Å². The van der Waals surface area contributed by atoms with Crippen LogP contribution in [-0.2, 0) is 25.7 Å². The van der Waals surface area contributed by atoms with Crippen LogP contribution < -0.4 is 5.32 Å². The van der Waals surface area contributed by atoms with Crippen LogP contribution in [0.4, 0.5) is 0 Å². The maximum Gasteiger partial charge on any atom is 0.316 e. The number of esters is 1. The number of carbonyl (C=O) groups is 3. The van der Waals surface area contributed by atoms with Crippen LogP contribution in [0.25, 0.3) is 0 Å². The molecule has 1 aromatic rings. The zero-order valence-electron chi connectivity index (χ0n) is 16.7. The monoisotopic (exact) mass is 406 g/mol. The average molecular weight is 407 g/mol. The quantitative estimate of drug-likeness (QED) is 0.638. The van der Waals surface area contributed by atoms with Gasteiger partial charge in [0.05, 0.1) is 11.5 Å². The van der Waals surface area contributed by atoms with Gasteiger partial charge in [-0.3, -0.25) is 14.4 Å². The summed E-state index contributed by atoms with van der Waals surface area (Å²) in [5.41, 5.74) is 2.12. The van der Waals surface area contributed by atoms with Crippen LogP contribution in [0.1, 0.15) is 43.2 Å². The Bertz CT molecular complexity index is 674. The molecule has 1 aliphatic carbocycles. The van der Waals surface area contributed by atoms with Gasteiger partial charge < -0.3 is 15.0 Å². The Morgan fingerprint density at radius 3 is 2.57 bits per heavy atom. The van der Waals surface area contributed by atoms with E-state index >= 15 is 0 Å². The first-order valence-electron chi connectivity index (χ1n) is 9.77. The van der Waals surface area contributed by atoms with Gasteiger partial charge in [0.25, 0.3) is 5.91 Å². The maximum atomic E-state index is 12.2. The number of ether oxygens (including phenoxy) is 1. The van der Waals surface area contributed by atoms with Gasteiger partial charge in [0, 0.05) is 19.6 Å². The van der Waals surface area contributed by atoms with Gasteiger partial charge in [-0.1, -0.05) is 43.5 Å². The second-order valence-corrected chi connectivity index (χ2v) is 8.14. The SMILES string of the molecule is Cc1ccccc1CNC(=O)COC(=O)CSCC(=O)N(C)C1CCCCC1. The summed E-state index contributed by atoms with van der Waals surface area (Å²) in [7, 11) is 1.84. The third-order valence-corrected chi connectivity index (χ3v) is 5.95. The Kier molecular flexibility index (Phi) is 9.34. The molecule has 1 aromatic carbocycles. The van der Waals surface area contributed by atoms with Crippen LogP contribution in [0.3, 0.4) is 0 Å². The minimum atomic E-state index is -0.482. The number of carbonyl (C=O) groups excluding carboxylic acids is 3. The number of nitrogens with zero attached hydrogens (tertiary/aromatic N) is 1. The van der Waals surface area contributed by atoms with Crippen LogP contribution in [0.2, 0.25) is 0 Å². The number of rotatable bonds is 9. The summed E-state index contributed by atoms with van der Waals surface area (Å²) in [5, 5.41) is 2.74. The lowest BCUT2D eigenvalue weighted by atomic mass is 9.94. The first kappa shape index (κ1) is 22.3. The zero-order chi connectivity index (χ0) is 20.4. The van der Waals surface area contributed by atoms with E-state index in [1.807, 2.05) is 43.1 Å². The summed E-state index contributed by atoms with van der Waals surface area (Å²) < 4.78 is 4.98. The maximum absolute atomic E-state index is 12.2. The zero-order valence-corrected chi connectivity index (χ0v) is 17.6. The third kappa shape index (κ3) is 7.54. The molecule has 1 aliphatic rings. The van der Waals surface area contributed by atoms with Crippen molar-refractivity contribution in [3.8, 4) is 0 Å². The average Bonchev–Trinajstić information content (AvgIpc) is 2.71. The van der Waals surface area contributed by atoms with Gasteiger partial charge >= 0.3 is 5.97 Å². The normalized spacial score (nSPS) is 14.4. The fraction of sp³-hybridized carbons (Fsp3) is 0.571. The van der Waals surface area contributed by atoms with Crippen molar-refractivity contribution in [2.24, 2.45) is 0 Å². The van der Waals surface area contributed by atoms with Gasteiger partial charge in [-0.25, -0.2) is 0 Å². The molecule has 2 rings (SSSR count). The highest BCUT2D eigenvalue weighted by Crippen LogP contribution is 2.22. The highest BCUT2D eigenvalue weighted by Gasteiger charge is 2.22. The molecule has 0 radical (unpaired) electrons. The highest BCUT2D eigenvalue weighted by atomic mass is 32.2. The molecule has 0 heterocycles. The van der Waals surface area contributed by atoms with Gasteiger partial charge in [-0.05, 0) is 30.9 Å². The van der Waals surface area contributed by atoms with Gasteiger partial charge in [-0.15, -0.1) is 11.8 Å². The minimum absolute atomic E-state index is 0.0423. The molecule has 0 unspecified atom stereocenters. The third-order valence-electron chi connectivity index (χ3n) is 5.06. The second kappa shape index (κ2) is 11.7. The van der Waals surface area contributed by atoms with Gasteiger partial charge in [0.15, 0.2) is 6.61 Å². The van der Waals surface area contributed by atoms with Gasteiger partial charge in [0.1, 0.15) is 0 Å². The van der Waals surface area contributed by atoms with Crippen molar-refractivity contribution in [2.75, 3.05) is 25.2 Å². The molecule has 0 bridgehead atoms. The van der Waals surface area contributed by atoms with E-state index in [0.717, 1.165) is 24.0 Å². The van der Waals surface area contributed by atoms with Crippen molar-refractivity contribution in [1.82, 2.24) is 10.2 Å². The molecule has 6 nitrogen and oxygen atoms in total. The predicted octanol–water partition coefficient (Wildman–Crippen LogP) is 2.68. The fourth-order valence-corrected chi connectivity index (χ4v) is 3.97. The number of hydrogen-bond donors (Lipinski definition) is 1. The van der Waals surface area contributed by atoms with Crippen LogP contribution in [-0.4, -0.2) is 53.9 Å². The largest absolute Gasteiger partial charge is 0.455 e. The molecule has 1 fully saturated rings. The van der Waals surface area contributed by atoms with Crippen LogP contribution in [0, 0.1) is 6.92 Å². The summed E-state index contributed by atoms with van der Waals surface area (Å²) in [6, 6.07) is 8.10. The van der Waals surface area contributed by atoms with E-state index in [1.54, 1.807) is 0 Å². The molecule has 0 saturated heterocycles. The lowest BCUT2D eigenvalue weighted by Gasteiger charge is -2.31. The number of hydrogen-bond acceptors (Lipinski definition) is 5. The van der Waals surface area contributed by atoms with Crippen LogP contribution in [0.5, 0.6) is 0 Å². The first-order chi connectivity index (χ1) is 13.5. The van der Waals surface area contributed by atoms with E-state index < -0.39 is 5.97 Å². The van der Waals surface area contributed by atoms with Crippen LogP contribution in [0.15, 0.2) is 24.3 Å². The molecule has 1 N–H and O–H groups in total. The van der Waals surface area contributed by atoms with E-state index in [9.17, 15) is 14.4 Å². The molecule has 0 aromatic heterocycles. The lowest BCUT2D eigenvalue weighted by molar-refractivity contribution is -0.145. The smallest absolute Gasteiger partial charge is 0.316 e. The summed E-state index contributed by atoms with van der Waals surface area (Å²) in [4.78, 5) is 37.6. The summed E-state index contributed by atoms with van der Waals surface area (Å²) >= 11 is 1.23. The molecular weight excluding hydrogens is 376 g/mol. The molecule has 0 spiro atoms. The molecule has 28 heavy (non-hydrogen) atoms. The Hall–Kier alpha value is -2.02. The molecule has 154 valence electrons. The number of thioether (sulfide) groups is 1. The number of aryl methyl sites for hydroxylation is 1. The highest BCUT2D eigenvalue weighted by molar-refractivity contribution is 8.00. The molecular formula is C21H30N2O4S. The van der Waals surface area contributed by atoms with E-state index in [2.05, 4.69) is 5.32 Å². The van der Waals surface area contributed by atoms with E-state index in [0.29, 0.717) is 12.6 Å². The number of amides is 2. The van der Waals surface area contributed by atoms with E-state index in [4.69, 9.17) is 4.74 Å². The van der Waals surface area contributed by atoms with Crippen molar-refractivity contribution in [2.45, 2.75) is 51.6 Å². The Labute approximate surface area is 171 Å². The standard InChI is InChI=1S/C21H30N2O4S/c1-16-8-6-7-9-17(16)12-22-19(24)13-27-21(26)15-28-14-20(25)23(2)18-10-4-3-5-11-18/h6-9,18H,3-5,10-15H2,1-2H3,(H,22,24). The van der Waals surface area contributed by atoms with E-state index in [1.165, 1.54) is 31.0 Å². The van der Waals surface area contributed by atoms with Crippen molar-refractivity contribution >= 4 is 29.5 Å². The summed E-state index contributed by atoms with van der Waals surface area (Å²) in [5.74, 6) is -0.462. The predicted molar refractivity (Wildman–Crippen MR) is 111 cm³/mol. The first-order valence-corrected chi connectivity index (χ1v) is 10.9. The molecule has 0 atom stereocenters. The Morgan fingerprint density at radius 2 is 1.86 bits per heavy atom. The molecule has 0 aliphatic heterocycles. The fourth-order valence-electron chi connectivity index (χ4n) is 3.24. The topological polar surface area (TPSA) is 75.7 Å².